The SMILES string of the molecule is Cc1nccn1-c1ccc(NC(C)C(=O)O)cn1. The Kier molecular flexibility index (Phi) is 3.27. The van der Waals surface area contributed by atoms with Crippen LogP contribution in [0.1, 0.15) is 12.7 Å². The Labute approximate surface area is 104 Å². The normalized spacial score (nSPS) is 12.1. The summed E-state index contributed by atoms with van der Waals surface area (Å²) in [5, 5.41) is 11.6. The van der Waals surface area contributed by atoms with Crippen LogP contribution < -0.4 is 5.32 Å². The van der Waals surface area contributed by atoms with Crippen molar-refractivity contribution < 1.29 is 9.90 Å². The molecule has 0 saturated carbocycles. The number of pyridine rings is 1. The number of aliphatic carboxylic acids is 1. The molecule has 2 aromatic rings. The third-order valence-electron chi connectivity index (χ3n) is 2.57. The summed E-state index contributed by atoms with van der Waals surface area (Å²) in [4.78, 5) is 19.1. The van der Waals surface area contributed by atoms with Gasteiger partial charge in [-0.2, -0.15) is 0 Å². The summed E-state index contributed by atoms with van der Waals surface area (Å²) >= 11 is 0. The quantitative estimate of drug-likeness (QED) is 0.853. The monoisotopic (exact) mass is 246 g/mol. The van der Waals surface area contributed by atoms with E-state index in [0.29, 0.717) is 5.69 Å². The summed E-state index contributed by atoms with van der Waals surface area (Å²) in [7, 11) is 0. The number of nitrogens with zero attached hydrogens (tertiary/aromatic N) is 3. The number of aryl methyl sites for hydroxylation is 1. The smallest absolute Gasteiger partial charge is 0.325 e. The number of hydrogen-bond acceptors (Lipinski definition) is 4. The Hall–Kier alpha value is -2.37. The zero-order valence-electron chi connectivity index (χ0n) is 10.2. The van der Waals surface area contributed by atoms with Crippen molar-refractivity contribution in [3.05, 3.63) is 36.5 Å². The summed E-state index contributed by atoms with van der Waals surface area (Å²) in [5.74, 6) is 0.699. The van der Waals surface area contributed by atoms with Crippen molar-refractivity contribution in [2.45, 2.75) is 19.9 Å². The molecule has 0 bridgehead atoms. The molecule has 0 aliphatic heterocycles. The summed E-state index contributed by atoms with van der Waals surface area (Å²) < 4.78 is 1.85. The molecule has 0 saturated heterocycles. The Morgan fingerprint density at radius 1 is 1.44 bits per heavy atom. The van der Waals surface area contributed by atoms with Gasteiger partial charge in [-0.1, -0.05) is 0 Å². The van der Waals surface area contributed by atoms with Crippen molar-refractivity contribution in [2.24, 2.45) is 0 Å². The molecule has 1 unspecified atom stereocenters. The van der Waals surface area contributed by atoms with Crippen LogP contribution in [0.4, 0.5) is 5.69 Å². The van der Waals surface area contributed by atoms with E-state index < -0.39 is 12.0 Å². The second-order valence-electron chi connectivity index (χ2n) is 3.95. The lowest BCUT2D eigenvalue weighted by Gasteiger charge is -2.11. The minimum absolute atomic E-state index is 0.646. The number of hydrogen-bond donors (Lipinski definition) is 2. The highest BCUT2D eigenvalue weighted by Crippen LogP contribution is 2.12. The molecule has 6 nitrogen and oxygen atoms in total. The number of carbonyl (C=O) groups is 1. The molecule has 6 heteroatoms. The molecule has 0 aliphatic rings. The molecule has 2 rings (SSSR count). The fraction of sp³-hybridized carbons (Fsp3) is 0.250. The second-order valence-corrected chi connectivity index (χ2v) is 3.95. The number of carboxylic acids is 1. The lowest BCUT2D eigenvalue weighted by Crippen LogP contribution is -2.25. The fourth-order valence-electron chi connectivity index (χ4n) is 1.55. The molecular weight excluding hydrogens is 232 g/mol. The van der Waals surface area contributed by atoms with E-state index in [1.807, 2.05) is 23.8 Å². The number of nitrogens with one attached hydrogen (secondary N) is 1. The largest absolute Gasteiger partial charge is 0.480 e. The molecule has 1 atom stereocenters. The van der Waals surface area contributed by atoms with Crippen LogP contribution in [0.5, 0.6) is 0 Å². The third kappa shape index (κ3) is 2.48. The van der Waals surface area contributed by atoms with E-state index in [9.17, 15) is 4.79 Å². The number of anilines is 1. The van der Waals surface area contributed by atoms with Crippen molar-refractivity contribution >= 4 is 11.7 Å². The van der Waals surface area contributed by atoms with Crippen molar-refractivity contribution in [3.63, 3.8) is 0 Å². The maximum absolute atomic E-state index is 10.7. The van der Waals surface area contributed by atoms with E-state index in [0.717, 1.165) is 11.6 Å². The lowest BCUT2D eigenvalue weighted by atomic mass is 10.3. The van der Waals surface area contributed by atoms with E-state index in [1.165, 1.54) is 0 Å². The summed E-state index contributed by atoms with van der Waals surface area (Å²) in [5.41, 5.74) is 0.673. The average molecular weight is 246 g/mol. The molecule has 0 radical (unpaired) electrons. The Morgan fingerprint density at radius 3 is 2.72 bits per heavy atom. The van der Waals surface area contributed by atoms with Crippen molar-refractivity contribution in [1.82, 2.24) is 14.5 Å². The Bertz CT molecular complexity index is 547. The zero-order valence-corrected chi connectivity index (χ0v) is 10.2. The van der Waals surface area contributed by atoms with Gasteiger partial charge in [0, 0.05) is 12.4 Å². The van der Waals surface area contributed by atoms with Gasteiger partial charge >= 0.3 is 5.97 Å². The van der Waals surface area contributed by atoms with E-state index in [-0.39, 0.29) is 0 Å². The minimum Gasteiger partial charge on any atom is -0.480 e. The first kappa shape index (κ1) is 12.1. The number of carboxylic acid groups (broad SMARTS) is 1. The van der Waals surface area contributed by atoms with E-state index in [2.05, 4.69) is 15.3 Å². The molecule has 2 N–H and O–H groups in total. The molecule has 0 aliphatic carbocycles. The summed E-state index contributed by atoms with van der Waals surface area (Å²) in [6, 6.07) is 2.96. The molecule has 94 valence electrons. The number of rotatable bonds is 4. The molecule has 2 aromatic heterocycles. The van der Waals surface area contributed by atoms with Gasteiger partial charge < -0.3 is 10.4 Å². The van der Waals surface area contributed by atoms with E-state index in [1.54, 1.807) is 25.4 Å². The first-order chi connectivity index (χ1) is 8.58. The highest BCUT2D eigenvalue weighted by Gasteiger charge is 2.10. The van der Waals surface area contributed by atoms with Crippen LogP contribution >= 0.6 is 0 Å². The highest BCUT2D eigenvalue weighted by molar-refractivity contribution is 5.76. The maximum atomic E-state index is 10.7. The second kappa shape index (κ2) is 4.87. The summed E-state index contributed by atoms with van der Waals surface area (Å²) in [6.45, 7) is 3.47. The minimum atomic E-state index is -0.899. The zero-order chi connectivity index (χ0) is 13.1. The van der Waals surface area contributed by atoms with Gasteiger partial charge in [0.25, 0.3) is 0 Å². The van der Waals surface area contributed by atoms with Gasteiger partial charge in [-0.3, -0.25) is 9.36 Å². The van der Waals surface area contributed by atoms with Crippen molar-refractivity contribution in [2.75, 3.05) is 5.32 Å². The first-order valence-electron chi connectivity index (χ1n) is 5.53. The first-order valence-corrected chi connectivity index (χ1v) is 5.53. The van der Waals surface area contributed by atoms with Gasteiger partial charge in [0.2, 0.25) is 0 Å². The van der Waals surface area contributed by atoms with Crippen LogP contribution in [-0.4, -0.2) is 31.7 Å². The highest BCUT2D eigenvalue weighted by atomic mass is 16.4. The predicted molar refractivity (Wildman–Crippen MR) is 66.8 cm³/mol. The van der Waals surface area contributed by atoms with Crippen LogP contribution in [0.15, 0.2) is 30.7 Å². The van der Waals surface area contributed by atoms with Crippen molar-refractivity contribution in [3.8, 4) is 5.82 Å². The van der Waals surface area contributed by atoms with Gasteiger partial charge in [0.15, 0.2) is 0 Å². The molecule has 18 heavy (non-hydrogen) atoms. The van der Waals surface area contributed by atoms with Gasteiger partial charge in [0.05, 0.1) is 11.9 Å². The van der Waals surface area contributed by atoms with E-state index in [4.69, 9.17) is 5.11 Å². The Morgan fingerprint density at radius 2 is 2.22 bits per heavy atom. The predicted octanol–water partition coefficient (Wildman–Crippen LogP) is 1.46. The van der Waals surface area contributed by atoms with Crippen LogP contribution in [0.2, 0.25) is 0 Å². The lowest BCUT2D eigenvalue weighted by molar-refractivity contribution is -0.137. The standard InChI is InChI=1S/C12H14N4O2/c1-8(12(17)18)15-10-3-4-11(14-7-10)16-6-5-13-9(16)2/h3-8,15H,1-2H3,(H,17,18). The maximum Gasteiger partial charge on any atom is 0.325 e. The average Bonchev–Trinajstić information content (AvgIpc) is 2.76. The molecule has 0 aromatic carbocycles. The summed E-state index contributed by atoms with van der Waals surface area (Å²) in [6.07, 6.45) is 5.13. The topological polar surface area (TPSA) is 80.0 Å². The van der Waals surface area contributed by atoms with Gasteiger partial charge in [-0.25, -0.2) is 9.97 Å². The van der Waals surface area contributed by atoms with Crippen LogP contribution in [0.3, 0.4) is 0 Å². The molecule has 0 fully saturated rings. The molecular formula is C12H14N4O2. The third-order valence-corrected chi connectivity index (χ3v) is 2.57. The Balaban J connectivity index is 2.16. The number of imidazole rings is 1. The molecule has 0 spiro atoms. The van der Waals surface area contributed by atoms with Gasteiger partial charge in [-0.05, 0) is 26.0 Å². The van der Waals surface area contributed by atoms with E-state index >= 15 is 0 Å². The van der Waals surface area contributed by atoms with Crippen LogP contribution in [0.25, 0.3) is 5.82 Å². The van der Waals surface area contributed by atoms with Crippen molar-refractivity contribution in [1.29, 1.82) is 0 Å². The van der Waals surface area contributed by atoms with Gasteiger partial charge in [0.1, 0.15) is 17.7 Å². The molecule has 0 amide bonds. The van der Waals surface area contributed by atoms with Crippen LogP contribution in [0, 0.1) is 6.92 Å². The fourth-order valence-corrected chi connectivity index (χ4v) is 1.55. The van der Waals surface area contributed by atoms with Gasteiger partial charge in [-0.15, -0.1) is 0 Å². The number of aromatic nitrogens is 3. The van der Waals surface area contributed by atoms with Crippen LogP contribution in [-0.2, 0) is 4.79 Å². The molecule has 2 heterocycles.